The molecule has 0 bridgehead atoms. The highest BCUT2D eigenvalue weighted by molar-refractivity contribution is 7.99. The van der Waals surface area contributed by atoms with Gasteiger partial charge in [-0.3, -0.25) is 9.78 Å². The second-order valence-electron chi connectivity index (χ2n) is 6.26. The van der Waals surface area contributed by atoms with Gasteiger partial charge in [0.25, 0.3) is 0 Å². The minimum atomic E-state index is -0.853. The first-order valence-corrected chi connectivity index (χ1v) is 9.71. The molecule has 26 heavy (non-hydrogen) atoms. The topological polar surface area (TPSA) is 54.0 Å². The number of aromatic nitrogens is 1. The molecule has 2 unspecified atom stereocenters. The number of benzene rings is 1. The SMILES string of the molecule is O=C(CSCc1ccccn1)NC1CNCCC1c1ccc(F)c(F)c1. The van der Waals surface area contributed by atoms with Crippen LogP contribution in [0.5, 0.6) is 0 Å². The second-order valence-corrected chi connectivity index (χ2v) is 7.25. The quantitative estimate of drug-likeness (QED) is 0.813. The van der Waals surface area contributed by atoms with Gasteiger partial charge in [0.05, 0.1) is 11.4 Å². The number of thioether (sulfide) groups is 1. The lowest BCUT2D eigenvalue weighted by molar-refractivity contribution is -0.119. The molecule has 1 fully saturated rings. The molecular formula is C19H21F2N3OS. The summed E-state index contributed by atoms with van der Waals surface area (Å²) in [6, 6.07) is 9.54. The van der Waals surface area contributed by atoms with E-state index in [4.69, 9.17) is 0 Å². The summed E-state index contributed by atoms with van der Waals surface area (Å²) in [5.41, 5.74) is 1.65. The van der Waals surface area contributed by atoms with Crippen molar-refractivity contribution in [2.24, 2.45) is 0 Å². The Morgan fingerprint density at radius 2 is 2.15 bits per heavy atom. The average molecular weight is 377 g/mol. The number of nitrogens with one attached hydrogen (secondary N) is 2. The summed E-state index contributed by atoms with van der Waals surface area (Å²) in [4.78, 5) is 16.5. The summed E-state index contributed by atoms with van der Waals surface area (Å²) >= 11 is 1.50. The number of piperidine rings is 1. The van der Waals surface area contributed by atoms with Crippen molar-refractivity contribution in [3.63, 3.8) is 0 Å². The zero-order valence-corrected chi connectivity index (χ0v) is 15.1. The molecule has 0 spiro atoms. The smallest absolute Gasteiger partial charge is 0.230 e. The van der Waals surface area contributed by atoms with E-state index in [-0.39, 0.29) is 17.9 Å². The van der Waals surface area contributed by atoms with Crippen molar-refractivity contribution in [3.8, 4) is 0 Å². The highest BCUT2D eigenvalue weighted by Crippen LogP contribution is 2.27. The number of carbonyl (C=O) groups excluding carboxylic acids is 1. The van der Waals surface area contributed by atoms with Crippen molar-refractivity contribution in [2.75, 3.05) is 18.8 Å². The number of hydrogen-bond donors (Lipinski definition) is 2. The van der Waals surface area contributed by atoms with Gasteiger partial charge in [0, 0.05) is 30.5 Å². The van der Waals surface area contributed by atoms with Crippen LogP contribution in [0.4, 0.5) is 8.78 Å². The first-order valence-electron chi connectivity index (χ1n) is 8.56. The number of amides is 1. The molecule has 1 aliphatic rings. The number of nitrogens with zero attached hydrogens (tertiary/aromatic N) is 1. The molecule has 1 aromatic heterocycles. The summed E-state index contributed by atoms with van der Waals surface area (Å²) in [7, 11) is 0. The molecule has 1 aliphatic heterocycles. The van der Waals surface area contributed by atoms with Crippen LogP contribution in [0.15, 0.2) is 42.6 Å². The van der Waals surface area contributed by atoms with E-state index in [0.717, 1.165) is 30.3 Å². The van der Waals surface area contributed by atoms with Gasteiger partial charge in [0.15, 0.2) is 11.6 Å². The largest absolute Gasteiger partial charge is 0.351 e. The highest BCUT2D eigenvalue weighted by atomic mass is 32.2. The highest BCUT2D eigenvalue weighted by Gasteiger charge is 2.28. The first kappa shape index (κ1) is 18.8. The number of halogens is 2. The minimum absolute atomic E-state index is 0.0314. The van der Waals surface area contributed by atoms with Crippen molar-refractivity contribution in [1.29, 1.82) is 0 Å². The lowest BCUT2D eigenvalue weighted by Gasteiger charge is -2.33. The molecule has 3 rings (SSSR count). The molecule has 1 aromatic carbocycles. The Morgan fingerprint density at radius 3 is 2.92 bits per heavy atom. The van der Waals surface area contributed by atoms with Gasteiger partial charge in [-0.15, -0.1) is 11.8 Å². The molecule has 2 aromatic rings. The zero-order valence-electron chi connectivity index (χ0n) is 14.3. The van der Waals surface area contributed by atoms with Crippen LogP contribution >= 0.6 is 11.8 Å². The molecule has 0 aliphatic carbocycles. The van der Waals surface area contributed by atoms with E-state index < -0.39 is 11.6 Å². The fourth-order valence-electron chi connectivity index (χ4n) is 3.13. The van der Waals surface area contributed by atoms with Crippen LogP contribution in [0.3, 0.4) is 0 Å². The van der Waals surface area contributed by atoms with Crippen molar-refractivity contribution < 1.29 is 13.6 Å². The van der Waals surface area contributed by atoms with Crippen LogP contribution in [0.2, 0.25) is 0 Å². The molecule has 2 atom stereocenters. The monoisotopic (exact) mass is 377 g/mol. The maximum atomic E-state index is 13.6. The summed E-state index contributed by atoms with van der Waals surface area (Å²) in [6.45, 7) is 1.39. The Labute approximate surface area is 155 Å². The fraction of sp³-hybridized carbons (Fsp3) is 0.368. The summed E-state index contributed by atoms with van der Waals surface area (Å²) in [5, 5.41) is 6.28. The molecule has 7 heteroatoms. The molecule has 0 saturated carbocycles. The van der Waals surface area contributed by atoms with Crippen molar-refractivity contribution in [1.82, 2.24) is 15.6 Å². The van der Waals surface area contributed by atoms with Gasteiger partial charge in [-0.25, -0.2) is 8.78 Å². The summed E-state index contributed by atoms with van der Waals surface area (Å²) < 4.78 is 26.8. The Hall–Kier alpha value is -1.99. The molecule has 2 heterocycles. The van der Waals surface area contributed by atoms with Crippen LogP contribution < -0.4 is 10.6 Å². The van der Waals surface area contributed by atoms with E-state index in [1.165, 1.54) is 17.8 Å². The summed E-state index contributed by atoms with van der Waals surface area (Å²) in [5.74, 6) is -0.795. The Morgan fingerprint density at radius 1 is 1.27 bits per heavy atom. The van der Waals surface area contributed by atoms with Crippen LogP contribution in [0.25, 0.3) is 0 Å². The molecular weight excluding hydrogens is 356 g/mol. The van der Waals surface area contributed by atoms with E-state index in [9.17, 15) is 13.6 Å². The number of carbonyl (C=O) groups is 1. The lowest BCUT2D eigenvalue weighted by atomic mass is 9.86. The Bertz CT molecular complexity index is 745. The van der Waals surface area contributed by atoms with E-state index in [2.05, 4.69) is 15.6 Å². The lowest BCUT2D eigenvalue weighted by Crippen LogP contribution is -2.50. The maximum Gasteiger partial charge on any atom is 0.230 e. The van der Waals surface area contributed by atoms with Gasteiger partial charge < -0.3 is 10.6 Å². The minimum Gasteiger partial charge on any atom is -0.351 e. The van der Waals surface area contributed by atoms with Crippen molar-refractivity contribution in [2.45, 2.75) is 24.1 Å². The van der Waals surface area contributed by atoms with E-state index in [1.54, 1.807) is 12.3 Å². The molecule has 1 amide bonds. The van der Waals surface area contributed by atoms with Crippen molar-refractivity contribution in [3.05, 3.63) is 65.5 Å². The second kappa shape index (κ2) is 9.09. The van der Waals surface area contributed by atoms with Crippen LogP contribution in [-0.4, -0.2) is 35.8 Å². The van der Waals surface area contributed by atoms with Crippen LogP contribution in [0, 0.1) is 11.6 Å². The average Bonchev–Trinajstić information content (AvgIpc) is 2.65. The third-order valence-electron chi connectivity index (χ3n) is 4.41. The van der Waals surface area contributed by atoms with Gasteiger partial charge in [-0.1, -0.05) is 12.1 Å². The number of rotatable bonds is 6. The third kappa shape index (κ3) is 5.02. The predicted octanol–water partition coefficient (Wildman–Crippen LogP) is 2.85. The molecule has 2 N–H and O–H groups in total. The van der Waals surface area contributed by atoms with Gasteiger partial charge in [0.1, 0.15) is 0 Å². The van der Waals surface area contributed by atoms with E-state index >= 15 is 0 Å². The van der Waals surface area contributed by atoms with Crippen LogP contribution in [0.1, 0.15) is 23.6 Å². The van der Waals surface area contributed by atoms with Gasteiger partial charge >= 0.3 is 0 Å². The van der Waals surface area contributed by atoms with E-state index in [0.29, 0.717) is 18.1 Å². The standard InChI is InChI=1S/C19H21F2N3OS/c20-16-5-4-13(9-17(16)21)15-6-8-22-10-18(15)24-19(25)12-26-11-14-3-1-2-7-23-14/h1-5,7,9,15,18,22H,6,8,10-12H2,(H,24,25). The van der Waals surface area contributed by atoms with E-state index in [1.807, 2.05) is 18.2 Å². The number of hydrogen-bond acceptors (Lipinski definition) is 4. The Kier molecular flexibility index (Phi) is 6.57. The molecule has 138 valence electrons. The van der Waals surface area contributed by atoms with Gasteiger partial charge in [-0.05, 0) is 42.8 Å². The van der Waals surface area contributed by atoms with Gasteiger partial charge in [0.2, 0.25) is 5.91 Å². The number of pyridine rings is 1. The molecule has 1 saturated heterocycles. The maximum absolute atomic E-state index is 13.6. The third-order valence-corrected chi connectivity index (χ3v) is 5.38. The van der Waals surface area contributed by atoms with Crippen molar-refractivity contribution >= 4 is 17.7 Å². The van der Waals surface area contributed by atoms with Crippen LogP contribution in [-0.2, 0) is 10.5 Å². The Balaban J connectivity index is 1.55. The zero-order chi connectivity index (χ0) is 18.4. The molecule has 0 radical (unpaired) electrons. The predicted molar refractivity (Wildman–Crippen MR) is 98.9 cm³/mol. The first-order chi connectivity index (χ1) is 12.6. The fourth-order valence-corrected chi connectivity index (χ4v) is 3.88. The molecule has 4 nitrogen and oxygen atoms in total. The normalized spacial score (nSPS) is 19.9. The van der Waals surface area contributed by atoms with Gasteiger partial charge in [-0.2, -0.15) is 0 Å². The summed E-state index contributed by atoms with van der Waals surface area (Å²) in [6.07, 6.45) is 2.49.